The lowest BCUT2D eigenvalue weighted by Crippen LogP contribution is -2.49. The molecule has 2 unspecified atom stereocenters. The Hall–Kier alpha value is -1.10. The van der Waals surface area contributed by atoms with Crippen LogP contribution in [0.5, 0.6) is 0 Å². The number of nitrogens with zero attached hydrogens (tertiary/aromatic N) is 2. The summed E-state index contributed by atoms with van der Waals surface area (Å²) in [5, 5.41) is 0. The molecular formula is C17H28ClN3O. The molecule has 4 nitrogen and oxygen atoms in total. The largest absolute Gasteiger partial charge is 0.338 e. The zero-order chi connectivity index (χ0) is 15.2. The molecule has 1 fully saturated rings. The lowest BCUT2D eigenvalue weighted by Gasteiger charge is -2.35. The van der Waals surface area contributed by atoms with Gasteiger partial charge in [0.1, 0.15) is 0 Å². The number of carbonyl (C=O) groups excluding carboxylic acids is 1. The summed E-state index contributed by atoms with van der Waals surface area (Å²) in [6.45, 7) is 8.02. The molecule has 1 amide bonds. The van der Waals surface area contributed by atoms with E-state index < -0.39 is 0 Å². The second kappa shape index (κ2) is 9.13. The molecule has 2 N–H and O–H groups in total. The Labute approximate surface area is 140 Å². The molecule has 0 spiro atoms. The highest BCUT2D eigenvalue weighted by Gasteiger charge is 2.25. The molecule has 2 atom stereocenters. The summed E-state index contributed by atoms with van der Waals surface area (Å²) in [4.78, 5) is 16.7. The smallest absolute Gasteiger partial charge is 0.237 e. The van der Waals surface area contributed by atoms with Gasteiger partial charge in [-0.3, -0.25) is 9.69 Å². The molecule has 1 aromatic carbocycles. The van der Waals surface area contributed by atoms with Gasteiger partial charge < -0.3 is 10.6 Å². The monoisotopic (exact) mass is 325 g/mol. The van der Waals surface area contributed by atoms with Crippen molar-refractivity contribution in [2.75, 3.05) is 26.2 Å². The maximum absolute atomic E-state index is 12.5. The predicted molar refractivity (Wildman–Crippen MR) is 93.0 cm³/mol. The minimum Gasteiger partial charge on any atom is -0.338 e. The van der Waals surface area contributed by atoms with Gasteiger partial charge >= 0.3 is 0 Å². The van der Waals surface area contributed by atoms with Crippen molar-refractivity contribution in [3.8, 4) is 0 Å². The average molecular weight is 326 g/mol. The minimum absolute atomic E-state index is 0. The number of carbonyl (C=O) groups is 1. The van der Waals surface area contributed by atoms with Crippen LogP contribution in [0.15, 0.2) is 30.3 Å². The van der Waals surface area contributed by atoms with Crippen LogP contribution in [0.3, 0.4) is 0 Å². The number of hydrogen-bond donors (Lipinski definition) is 1. The third kappa shape index (κ3) is 5.27. The number of hydrogen-bond acceptors (Lipinski definition) is 3. The van der Waals surface area contributed by atoms with Crippen LogP contribution in [0.4, 0.5) is 0 Å². The van der Waals surface area contributed by atoms with E-state index in [1.165, 1.54) is 5.56 Å². The molecule has 2 rings (SSSR count). The van der Waals surface area contributed by atoms with Crippen LogP contribution in [0.2, 0.25) is 0 Å². The van der Waals surface area contributed by atoms with Crippen LogP contribution in [0.25, 0.3) is 0 Å². The fraction of sp³-hybridized carbons (Fsp3) is 0.588. The van der Waals surface area contributed by atoms with E-state index in [4.69, 9.17) is 5.73 Å². The number of amides is 1. The van der Waals surface area contributed by atoms with E-state index in [1.807, 2.05) is 30.0 Å². The summed E-state index contributed by atoms with van der Waals surface area (Å²) >= 11 is 0. The standard InChI is InChI=1S/C17H27N3O.ClH/c1-3-20(12-15-7-5-4-6-8-15)17(21)13-19-10-9-16(18)14(2)11-19;/h4-8,14,16H,3,9-13,18H2,1-2H3;1H. The summed E-state index contributed by atoms with van der Waals surface area (Å²) in [6.07, 6.45) is 0.985. The van der Waals surface area contributed by atoms with E-state index in [0.29, 0.717) is 19.0 Å². The van der Waals surface area contributed by atoms with Crippen LogP contribution in [-0.4, -0.2) is 47.9 Å². The zero-order valence-electron chi connectivity index (χ0n) is 13.6. The number of benzene rings is 1. The summed E-state index contributed by atoms with van der Waals surface area (Å²) < 4.78 is 0. The number of rotatable bonds is 5. The van der Waals surface area contributed by atoms with Crippen molar-refractivity contribution in [3.05, 3.63) is 35.9 Å². The van der Waals surface area contributed by atoms with Gasteiger partial charge in [0.25, 0.3) is 0 Å². The molecule has 0 saturated carbocycles. The number of likely N-dealkylation sites (tertiary alicyclic amines) is 1. The Morgan fingerprint density at radius 1 is 1.36 bits per heavy atom. The molecular weight excluding hydrogens is 298 g/mol. The third-order valence-corrected chi connectivity index (χ3v) is 4.37. The fourth-order valence-electron chi connectivity index (χ4n) is 2.87. The summed E-state index contributed by atoms with van der Waals surface area (Å²) in [6, 6.07) is 10.4. The van der Waals surface area contributed by atoms with Crippen molar-refractivity contribution in [2.24, 2.45) is 11.7 Å². The van der Waals surface area contributed by atoms with Crippen molar-refractivity contribution < 1.29 is 4.79 Å². The van der Waals surface area contributed by atoms with Crippen LogP contribution in [0, 0.1) is 5.92 Å². The fourth-order valence-corrected chi connectivity index (χ4v) is 2.87. The Bertz CT molecular complexity index is 454. The highest BCUT2D eigenvalue weighted by atomic mass is 35.5. The molecule has 0 radical (unpaired) electrons. The van der Waals surface area contributed by atoms with E-state index in [0.717, 1.165) is 26.1 Å². The lowest BCUT2D eigenvalue weighted by atomic mass is 9.95. The van der Waals surface area contributed by atoms with Crippen molar-refractivity contribution in [1.82, 2.24) is 9.80 Å². The van der Waals surface area contributed by atoms with Crippen LogP contribution in [0.1, 0.15) is 25.8 Å². The SMILES string of the molecule is CCN(Cc1ccccc1)C(=O)CN1CCC(N)C(C)C1.Cl. The molecule has 5 heteroatoms. The van der Waals surface area contributed by atoms with Gasteiger partial charge in [0.15, 0.2) is 0 Å². The Kier molecular flexibility index (Phi) is 7.87. The Morgan fingerprint density at radius 2 is 2.05 bits per heavy atom. The number of halogens is 1. The van der Waals surface area contributed by atoms with Gasteiger partial charge in [-0.2, -0.15) is 0 Å². The molecule has 22 heavy (non-hydrogen) atoms. The van der Waals surface area contributed by atoms with E-state index in [-0.39, 0.29) is 24.4 Å². The Morgan fingerprint density at radius 3 is 2.64 bits per heavy atom. The normalized spacial score (nSPS) is 22.0. The van der Waals surface area contributed by atoms with Gasteiger partial charge in [-0.25, -0.2) is 0 Å². The van der Waals surface area contributed by atoms with Gasteiger partial charge in [0, 0.05) is 32.2 Å². The maximum atomic E-state index is 12.5. The number of likely N-dealkylation sites (N-methyl/N-ethyl adjacent to an activating group) is 1. The highest BCUT2D eigenvalue weighted by Crippen LogP contribution is 2.15. The molecule has 1 aliphatic rings. The van der Waals surface area contributed by atoms with Gasteiger partial charge in [-0.1, -0.05) is 37.3 Å². The molecule has 1 heterocycles. The van der Waals surface area contributed by atoms with E-state index >= 15 is 0 Å². The van der Waals surface area contributed by atoms with Crippen LogP contribution < -0.4 is 5.73 Å². The van der Waals surface area contributed by atoms with E-state index in [9.17, 15) is 4.79 Å². The van der Waals surface area contributed by atoms with Crippen LogP contribution in [-0.2, 0) is 11.3 Å². The topological polar surface area (TPSA) is 49.6 Å². The molecule has 0 aromatic heterocycles. The second-order valence-corrected chi connectivity index (χ2v) is 6.06. The van der Waals surface area contributed by atoms with Gasteiger partial charge in [-0.05, 0) is 24.8 Å². The summed E-state index contributed by atoms with van der Waals surface area (Å²) in [7, 11) is 0. The first-order valence-electron chi connectivity index (χ1n) is 7.89. The van der Waals surface area contributed by atoms with Gasteiger partial charge in [0.05, 0.1) is 6.54 Å². The van der Waals surface area contributed by atoms with Crippen molar-refractivity contribution in [3.63, 3.8) is 0 Å². The first-order valence-corrected chi connectivity index (χ1v) is 7.89. The maximum Gasteiger partial charge on any atom is 0.237 e. The second-order valence-electron chi connectivity index (χ2n) is 6.06. The average Bonchev–Trinajstić information content (AvgIpc) is 2.49. The quantitative estimate of drug-likeness (QED) is 0.902. The first kappa shape index (κ1) is 18.9. The van der Waals surface area contributed by atoms with Gasteiger partial charge in [0.2, 0.25) is 5.91 Å². The van der Waals surface area contributed by atoms with E-state index in [2.05, 4.69) is 24.0 Å². The van der Waals surface area contributed by atoms with Crippen molar-refractivity contribution in [2.45, 2.75) is 32.9 Å². The first-order chi connectivity index (χ1) is 10.1. The molecule has 0 bridgehead atoms. The van der Waals surface area contributed by atoms with Crippen LogP contribution >= 0.6 is 12.4 Å². The zero-order valence-corrected chi connectivity index (χ0v) is 14.4. The predicted octanol–water partition coefficient (Wildman–Crippen LogP) is 2.13. The molecule has 124 valence electrons. The molecule has 1 aromatic rings. The molecule has 1 saturated heterocycles. The van der Waals surface area contributed by atoms with Gasteiger partial charge in [-0.15, -0.1) is 12.4 Å². The number of piperidine rings is 1. The summed E-state index contributed by atoms with van der Waals surface area (Å²) in [5.74, 6) is 0.680. The third-order valence-electron chi connectivity index (χ3n) is 4.37. The van der Waals surface area contributed by atoms with Crippen molar-refractivity contribution in [1.29, 1.82) is 0 Å². The molecule has 0 aliphatic carbocycles. The summed E-state index contributed by atoms with van der Waals surface area (Å²) in [5.41, 5.74) is 7.22. The van der Waals surface area contributed by atoms with E-state index in [1.54, 1.807) is 0 Å². The molecule has 1 aliphatic heterocycles. The Balaban J connectivity index is 0.00000242. The minimum atomic E-state index is 0. The van der Waals surface area contributed by atoms with Crippen molar-refractivity contribution >= 4 is 18.3 Å². The lowest BCUT2D eigenvalue weighted by molar-refractivity contribution is -0.133. The number of nitrogens with two attached hydrogens (primary N) is 1. The highest BCUT2D eigenvalue weighted by molar-refractivity contribution is 5.85.